The Bertz CT molecular complexity index is 495. The minimum Gasteiger partial charge on any atom is -0.487 e. The molecule has 0 radical (unpaired) electrons. The first-order valence-electron chi connectivity index (χ1n) is 5.58. The summed E-state index contributed by atoms with van der Waals surface area (Å²) in [5.74, 6) is 1.36. The lowest BCUT2D eigenvalue weighted by molar-refractivity contribution is 0.155. The molecule has 0 saturated carbocycles. The fourth-order valence-corrected chi connectivity index (χ4v) is 1.52. The maximum absolute atomic E-state index is 9.01. The van der Waals surface area contributed by atoms with Crippen LogP contribution in [0.2, 0.25) is 0 Å². The van der Waals surface area contributed by atoms with Crippen molar-refractivity contribution in [2.24, 2.45) is 0 Å². The second kappa shape index (κ2) is 6.18. The maximum Gasteiger partial charge on any atom is 0.162 e. The molecule has 0 unspecified atom stereocenters. The molecule has 0 fully saturated rings. The zero-order valence-corrected chi connectivity index (χ0v) is 10.1. The Hall–Kier alpha value is -1.85. The monoisotopic (exact) mass is 249 g/mol. The van der Waals surface area contributed by atoms with Crippen molar-refractivity contribution in [1.82, 2.24) is 5.16 Å². The van der Waals surface area contributed by atoms with Crippen LogP contribution >= 0.6 is 0 Å². The summed E-state index contributed by atoms with van der Waals surface area (Å²) < 4.78 is 15.5. The number of hydrogen-bond acceptors (Lipinski definition) is 5. The fourth-order valence-electron chi connectivity index (χ4n) is 1.52. The summed E-state index contributed by atoms with van der Waals surface area (Å²) in [6.45, 7) is 0.717. The maximum atomic E-state index is 9.01. The van der Waals surface area contributed by atoms with Crippen LogP contribution in [0.15, 0.2) is 34.9 Å². The fraction of sp³-hybridized carbons (Fsp3) is 0.308. The molecule has 0 aliphatic heterocycles. The summed E-state index contributed by atoms with van der Waals surface area (Å²) in [5.41, 5.74) is 1.52. The molecule has 1 N–H and O–H groups in total. The summed E-state index contributed by atoms with van der Waals surface area (Å²) >= 11 is 0. The minimum absolute atomic E-state index is 0.000846. The molecule has 0 saturated heterocycles. The number of aromatic nitrogens is 1. The molecule has 1 aromatic heterocycles. The lowest BCUT2D eigenvalue weighted by Crippen LogP contribution is -1.96. The smallest absolute Gasteiger partial charge is 0.162 e. The highest BCUT2D eigenvalue weighted by atomic mass is 16.5. The van der Waals surface area contributed by atoms with Gasteiger partial charge in [-0.25, -0.2) is 0 Å². The van der Waals surface area contributed by atoms with Gasteiger partial charge in [0.25, 0.3) is 0 Å². The summed E-state index contributed by atoms with van der Waals surface area (Å²) in [6, 6.07) is 9.07. The molecular formula is C13H15NO4. The molecule has 0 amide bonds. The molecule has 0 atom stereocenters. The molecule has 0 spiro atoms. The standard InChI is InChI=1S/C13H15NO4/c1-16-9-13-6-11(14-18-13)8-17-12-4-2-3-10(5-12)7-15/h2-6,15H,7-9H2,1H3. The molecule has 18 heavy (non-hydrogen) atoms. The topological polar surface area (TPSA) is 64.7 Å². The molecule has 2 aromatic rings. The van der Waals surface area contributed by atoms with Gasteiger partial charge in [0, 0.05) is 13.2 Å². The normalized spacial score (nSPS) is 10.6. The largest absolute Gasteiger partial charge is 0.487 e. The van der Waals surface area contributed by atoms with Gasteiger partial charge in [-0.2, -0.15) is 0 Å². The van der Waals surface area contributed by atoms with Crippen molar-refractivity contribution >= 4 is 0 Å². The van der Waals surface area contributed by atoms with Gasteiger partial charge in [0.15, 0.2) is 5.76 Å². The van der Waals surface area contributed by atoms with Gasteiger partial charge in [0.2, 0.25) is 0 Å². The van der Waals surface area contributed by atoms with Crippen molar-refractivity contribution in [1.29, 1.82) is 0 Å². The molecule has 5 heteroatoms. The first-order chi connectivity index (χ1) is 8.81. The van der Waals surface area contributed by atoms with Crippen LogP contribution in [0.4, 0.5) is 0 Å². The highest BCUT2D eigenvalue weighted by Gasteiger charge is 2.04. The van der Waals surface area contributed by atoms with Crippen LogP contribution in [-0.2, 0) is 24.6 Å². The van der Waals surface area contributed by atoms with Crippen LogP contribution in [0.25, 0.3) is 0 Å². The number of aliphatic hydroxyl groups is 1. The molecule has 0 aliphatic rings. The molecule has 2 rings (SSSR count). The predicted molar refractivity (Wildman–Crippen MR) is 63.9 cm³/mol. The summed E-state index contributed by atoms with van der Waals surface area (Å²) in [6.07, 6.45) is 0. The number of nitrogens with zero attached hydrogens (tertiary/aromatic N) is 1. The molecular weight excluding hydrogens is 234 g/mol. The van der Waals surface area contributed by atoms with Gasteiger partial charge in [-0.05, 0) is 17.7 Å². The van der Waals surface area contributed by atoms with Gasteiger partial charge in [0.05, 0.1) is 6.61 Å². The Labute approximate surface area is 105 Å². The Morgan fingerprint density at radius 3 is 2.94 bits per heavy atom. The zero-order chi connectivity index (χ0) is 12.8. The molecule has 5 nitrogen and oxygen atoms in total. The van der Waals surface area contributed by atoms with Gasteiger partial charge < -0.3 is 19.1 Å². The molecule has 1 aromatic carbocycles. The van der Waals surface area contributed by atoms with E-state index in [2.05, 4.69) is 5.16 Å². The molecule has 0 bridgehead atoms. The molecule has 0 aliphatic carbocycles. The average molecular weight is 249 g/mol. The predicted octanol–water partition coefficient (Wildman–Crippen LogP) is 1.89. The zero-order valence-electron chi connectivity index (χ0n) is 10.1. The second-order valence-corrected chi connectivity index (χ2v) is 3.81. The number of methoxy groups -OCH3 is 1. The van der Waals surface area contributed by atoms with Crippen LogP contribution in [0.1, 0.15) is 17.0 Å². The van der Waals surface area contributed by atoms with Gasteiger partial charge in [-0.15, -0.1) is 0 Å². The van der Waals surface area contributed by atoms with E-state index in [0.29, 0.717) is 30.4 Å². The Morgan fingerprint density at radius 2 is 2.17 bits per heavy atom. The van der Waals surface area contributed by atoms with E-state index in [1.807, 2.05) is 18.2 Å². The van der Waals surface area contributed by atoms with Crippen LogP contribution < -0.4 is 4.74 Å². The third-order valence-corrected chi connectivity index (χ3v) is 2.36. The van der Waals surface area contributed by atoms with E-state index in [9.17, 15) is 0 Å². The van der Waals surface area contributed by atoms with Gasteiger partial charge >= 0.3 is 0 Å². The van der Waals surface area contributed by atoms with E-state index in [0.717, 1.165) is 5.56 Å². The van der Waals surface area contributed by atoms with Gasteiger partial charge in [-0.3, -0.25) is 0 Å². The van der Waals surface area contributed by atoms with Gasteiger partial charge in [-0.1, -0.05) is 17.3 Å². The minimum atomic E-state index is -0.000846. The number of aliphatic hydroxyl groups excluding tert-OH is 1. The first kappa shape index (κ1) is 12.6. The van der Waals surface area contributed by atoms with Crippen molar-refractivity contribution in [3.05, 3.63) is 47.3 Å². The quantitative estimate of drug-likeness (QED) is 0.847. The van der Waals surface area contributed by atoms with E-state index in [4.69, 9.17) is 19.1 Å². The summed E-state index contributed by atoms with van der Waals surface area (Å²) in [7, 11) is 1.60. The number of ether oxygens (including phenoxy) is 2. The van der Waals surface area contributed by atoms with Crippen LogP contribution in [0.3, 0.4) is 0 Å². The lowest BCUT2D eigenvalue weighted by atomic mass is 10.2. The average Bonchev–Trinajstić information content (AvgIpc) is 2.85. The Kier molecular flexibility index (Phi) is 4.33. The van der Waals surface area contributed by atoms with E-state index in [1.165, 1.54) is 0 Å². The van der Waals surface area contributed by atoms with Crippen LogP contribution in [0.5, 0.6) is 5.75 Å². The van der Waals surface area contributed by atoms with Crippen LogP contribution in [-0.4, -0.2) is 17.4 Å². The first-order valence-corrected chi connectivity index (χ1v) is 5.58. The highest BCUT2D eigenvalue weighted by Crippen LogP contribution is 2.15. The van der Waals surface area contributed by atoms with Gasteiger partial charge in [0.1, 0.15) is 24.7 Å². The highest BCUT2D eigenvalue weighted by molar-refractivity contribution is 5.28. The van der Waals surface area contributed by atoms with E-state index in [1.54, 1.807) is 19.2 Å². The third kappa shape index (κ3) is 3.32. The number of rotatable bonds is 6. The summed E-state index contributed by atoms with van der Waals surface area (Å²) in [4.78, 5) is 0. The third-order valence-electron chi connectivity index (χ3n) is 2.36. The van der Waals surface area contributed by atoms with E-state index < -0.39 is 0 Å². The van der Waals surface area contributed by atoms with Crippen molar-refractivity contribution in [3.63, 3.8) is 0 Å². The summed E-state index contributed by atoms with van der Waals surface area (Å²) in [5, 5.41) is 12.9. The SMILES string of the molecule is COCc1cc(COc2cccc(CO)c2)no1. The second-order valence-electron chi connectivity index (χ2n) is 3.81. The van der Waals surface area contributed by atoms with Crippen molar-refractivity contribution in [2.75, 3.05) is 7.11 Å². The van der Waals surface area contributed by atoms with Crippen LogP contribution in [0, 0.1) is 0 Å². The van der Waals surface area contributed by atoms with Crippen molar-refractivity contribution in [3.8, 4) is 5.75 Å². The lowest BCUT2D eigenvalue weighted by Gasteiger charge is -2.04. The van der Waals surface area contributed by atoms with Crippen molar-refractivity contribution in [2.45, 2.75) is 19.8 Å². The molecule has 1 heterocycles. The number of hydrogen-bond donors (Lipinski definition) is 1. The Morgan fingerprint density at radius 1 is 1.28 bits per heavy atom. The van der Waals surface area contributed by atoms with E-state index in [-0.39, 0.29) is 6.61 Å². The Balaban J connectivity index is 1.93. The van der Waals surface area contributed by atoms with E-state index >= 15 is 0 Å². The number of benzene rings is 1. The van der Waals surface area contributed by atoms with Crippen molar-refractivity contribution < 1.29 is 19.1 Å². The molecule has 96 valence electrons.